The lowest BCUT2D eigenvalue weighted by molar-refractivity contribution is -0.277. The van der Waals surface area contributed by atoms with Crippen molar-refractivity contribution in [3.8, 4) is 5.88 Å². The van der Waals surface area contributed by atoms with Crippen molar-refractivity contribution >= 4 is 22.6 Å². The van der Waals surface area contributed by atoms with Gasteiger partial charge < -0.3 is 4.74 Å². The molecular weight excluding hydrogens is 288 g/mol. The van der Waals surface area contributed by atoms with Gasteiger partial charge >= 0.3 is 6.36 Å². The SMILES string of the molecule is Cn1ncc(I)c1OC(F)(F)F. The zero-order valence-electron chi connectivity index (χ0n) is 5.89. The molecule has 0 amide bonds. The van der Waals surface area contributed by atoms with E-state index in [2.05, 4.69) is 9.84 Å². The molecule has 0 saturated heterocycles. The number of aromatic nitrogens is 2. The highest BCUT2D eigenvalue weighted by Crippen LogP contribution is 2.26. The normalized spacial score (nSPS) is 11.8. The molecule has 0 saturated carbocycles. The minimum absolute atomic E-state index is 0.289. The first-order chi connectivity index (χ1) is 5.40. The van der Waals surface area contributed by atoms with Crippen LogP contribution in [0.5, 0.6) is 5.88 Å². The van der Waals surface area contributed by atoms with Gasteiger partial charge in [-0.25, -0.2) is 4.68 Å². The molecule has 7 heteroatoms. The molecule has 0 aliphatic heterocycles. The highest BCUT2D eigenvalue weighted by molar-refractivity contribution is 14.1. The van der Waals surface area contributed by atoms with Crippen LogP contribution in [0.2, 0.25) is 0 Å². The molecule has 1 heterocycles. The number of halogens is 4. The molecule has 0 atom stereocenters. The molecule has 0 N–H and O–H groups in total. The molecule has 0 aliphatic carbocycles. The second-order valence-corrected chi connectivity index (χ2v) is 3.13. The number of rotatable bonds is 1. The molecule has 1 aromatic heterocycles. The van der Waals surface area contributed by atoms with Crippen LogP contribution in [0.1, 0.15) is 0 Å². The highest BCUT2D eigenvalue weighted by atomic mass is 127. The molecule has 68 valence electrons. The number of aryl methyl sites for hydroxylation is 1. The third kappa shape index (κ3) is 2.26. The summed E-state index contributed by atoms with van der Waals surface area (Å²) < 4.78 is 40.2. The fourth-order valence-electron chi connectivity index (χ4n) is 0.624. The topological polar surface area (TPSA) is 27.1 Å². The molecule has 3 nitrogen and oxygen atoms in total. The number of alkyl halides is 3. The van der Waals surface area contributed by atoms with E-state index in [4.69, 9.17) is 0 Å². The van der Waals surface area contributed by atoms with Crippen molar-refractivity contribution in [2.24, 2.45) is 7.05 Å². The number of hydrogen-bond acceptors (Lipinski definition) is 2. The van der Waals surface area contributed by atoms with E-state index in [0.29, 0.717) is 3.57 Å². The first kappa shape index (κ1) is 9.62. The van der Waals surface area contributed by atoms with E-state index in [1.54, 1.807) is 22.6 Å². The predicted octanol–water partition coefficient (Wildman–Crippen LogP) is 1.92. The zero-order valence-corrected chi connectivity index (χ0v) is 8.05. The molecule has 0 aliphatic rings. The summed E-state index contributed by atoms with van der Waals surface area (Å²) in [5, 5.41) is 3.58. The Kier molecular flexibility index (Phi) is 2.49. The van der Waals surface area contributed by atoms with Crippen LogP contribution in [0.4, 0.5) is 13.2 Å². The third-order valence-electron chi connectivity index (χ3n) is 1.05. The van der Waals surface area contributed by atoms with E-state index in [1.165, 1.54) is 13.2 Å². The first-order valence-corrected chi connectivity index (χ1v) is 3.91. The molecule has 0 unspecified atom stereocenters. The monoisotopic (exact) mass is 292 g/mol. The summed E-state index contributed by atoms with van der Waals surface area (Å²) in [4.78, 5) is 0. The van der Waals surface area contributed by atoms with Crippen molar-refractivity contribution in [3.05, 3.63) is 9.77 Å². The average molecular weight is 292 g/mol. The second kappa shape index (κ2) is 3.11. The Labute approximate surface area is 79.6 Å². The van der Waals surface area contributed by atoms with Gasteiger partial charge in [-0.1, -0.05) is 0 Å². The molecule has 0 spiro atoms. The van der Waals surface area contributed by atoms with Crippen LogP contribution < -0.4 is 4.74 Å². The van der Waals surface area contributed by atoms with Gasteiger partial charge in [0.05, 0.1) is 9.77 Å². The minimum atomic E-state index is -4.66. The summed E-state index contributed by atoms with van der Waals surface area (Å²) >= 11 is 1.71. The predicted molar refractivity (Wildman–Crippen MR) is 42.6 cm³/mol. The smallest absolute Gasteiger partial charge is 0.387 e. The van der Waals surface area contributed by atoms with Crippen molar-refractivity contribution in [1.29, 1.82) is 0 Å². The fourth-order valence-corrected chi connectivity index (χ4v) is 1.21. The van der Waals surface area contributed by atoms with Gasteiger partial charge in [-0.3, -0.25) is 0 Å². The molecule has 0 radical (unpaired) electrons. The Morgan fingerprint density at radius 1 is 1.58 bits per heavy atom. The van der Waals surface area contributed by atoms with E-state index in [-0.39, 0.29) is 5.88 Å². The Balaban J connectivity index is 2.88. The number of ether oxygens (including phenoxy) is 1. The Bertz CT molecular complexity index is 263. The molecule has 1 aromatic rings. The second-order valence-electron chi connectivity index (χ2n) is 1.97. The number of hydrogen-bond donors (Lipinski definition) is 0. The van der Waals surface area contributed by atoms with Crippen molar-refractivity contribution in [3.63, 3.8) is 0 Å². The van der Waals surface area contributed by atoms with Gasteiger partial charge in [0.2, 0.25) is 5.88 Å². The summed E-state index contributed by atoms with van der Waals surface area (Å²) in [5.41, 5.74) is 0. The standard InChI is InChI=1S/C5H4F3IN2O/c1-11-4(3(9)2-10-11)12-5(6,7)8/h2H,1H3. The van der Waals surface area contributed by atoms with Crippen LogP contribution in [0.3, 0.4) is 0 Å². The lowest BCUT2D eigenvalue weighted by atomic mass is 10.7. The van der Waals surface area contributed by atoms with Gasteiger partial charge in [0.25, 0.3) is 0 Å². The van der Waals surface area contributed by atoms with Crippen molar-refractivity contribution in [2.75, 3.05) is 0 Å². The van der Waals surface area contributed by atoms with Crippen LogP contribution in [-0.4, -0.2) is 16.1 Å². The van der Waals surface area contributed by atoms with Crippen LogP contribution in [0.15, 0.2) is 6.20 Å². The summed E-state index contributed by atoms with van der Waals surface area (Å²) in [6.07, 6.45) is -3.37. The zero-order chi connectivity index (χ0) is 9.35. The van der Waals surface area contributed by atoms with Crippen LogP contribution in [0.25, 0.3) is 0 Å². The van der Waals surface area contributed by atoms with Gasteiger partial charge in [0.15, 0.2) is 0 Å². The number of nitrogens with zero attached hydrogens (tertiary/aromatic N) is 2. The van der Waals surface area contributed by atoms with E-state index < -0.39 is 6.36 Å². The quantitative estimate of drug-likeness (QED) is 0.739. The fraction of sp³-hybridized carbons (Fsp3) is 0.400. The molecular formula is C5H4F3IN2O. The van der Waals surface area contributed by atoms with Gasteiger partial charge in [0, 0.05) is 7.05 Å². The largest absolute Gasteiger partial charge is 0.574 e. The Morgan fingerprint density at radius 3 is 2.50 bits per heavy atom. The summed E-state index contributed by atoms with van der Waals surface area (Å²) in [7, 11) is 1.38. The van der Waals surface area contributed by atoms with Crippen molar-refractivity contribution in [2.45, 2.75) is 6.36 Å². The van der Waals surface area contributed by atoms with E-state index in [9.17, 15) is 13.2 Å². The van der Waals surface area contributed by atoms with Crippen molar-refractivity contribution < 1.29 is 17.9 Å². The molecule has 1 rings (SSSR count). The summed E-state index contributed by atoms with van der Waals surface area (Å²) in [6, 6.07) is 0. The van der Waals surface area contributed by atoms with Crippen LogP contribution >= 0.6 is 22.6 Å². The van der Waals surface area contributed by atoms with E-state index in [0.717, 1.165) is 4.68 Å². The maximum absolute atomic E-state index is 11.7. The summed E-state index contributed by atoms with van der Waals surface area (Å²) in [5.74, 6) is -0.289. The maximum Gasteiger partial charge on any atom is 0.574 e. The van der Waals surface area contributed by atoms with Gasteiger partial charge in [0.1, 0.15) is 0 Å². The van der Waals surface area contributed by atoms with Gasteiger partial charge in [-0.05, 0) is 22.6 Å². The Morgan fingerprint density at radius 2 is 2.17 bits per heavy atom. The van der Waals surface area contributed by atoms with Gasteiger partial charge in [-0.2, -0.15) is 5.10 Å². The van der Waals surface area contributed by atoms with Crippen LogP contribution in [0, 0.1) is 3.57 Å². The van der Waals surface area contributed by atoms with Gasteiger partial charge in [-0.15, -0.1) is 13.2 Å². The molecule has 0 bridgehead atoms. The minimum Gasteiger partial charge on any atom is -0.387 e. The maximum atomic E-state index is 11.7. The molecule has 0 fully saturated rings. The molecule has 0 aromatic carbocycles. The average Bonchev–Trinajstić information content (AvgIpc) is 2.16. The van der Waals surface area contributed by atoms with E-state index in [1.807, 2.05) is 0 Å². The lowest BCUT2D eigenvalue weighted by Crippen LogP contribution is -2.19. The summed E-state index contributed by atoms with van der Waals surface area (Å²) in [6.45, 7) is 0. The van der Waals surface area contributed by atoms with Crippen LogP contribution in [-0.2, 0) is 7.05 Å². The highest BCUT2D eigenvalue weighted by Gasteiger charge is 2.33. The third-order valence-corrected chi connectivity index (χ3v) is 1.79. The molecule has 12 heavy (non-hydrogen) atoms. The van der Waals surface area contributed by atoms with E-state index >= 15 is 0 Å². The Hall–Kier alpha value is -0.470. The lowest BCUT2D eigenvalue weighted by Gasteiger charge is -2.08. The first-order valence-electron chi connectivity index (χ1n) is 2.83. The van der Waals surface area contributed by atoms with Crippen molar-refractivity contribution in [1.82, 2.24) is 9.78 Å².